The van der Waals surface area contributed by atoms with Crippen molar-refractivity contribution in [2.75, 3.05) is 7.05 Å². The van der Waals surface area contributed by atoms with Gasteiger partial charge in [-0.15, -0.1) is 0 Å². The van der Waals surface area contributed by atoms with Gasteiger partial charge in [0.15, 0.2) is 6.10 Å². The van der Waals surface area contributed by atoms with Crippen molar-refractivity contribution in [2.45, 2.75) is 19.1 Å². The van der Waals surface area contributed by atoms with E-state index in [0.717, 1.165) is 27.2 Å². The molecule has 0 spiro atoms. The van der Waals surface area contributed by atoms with Crippen molar-refractivity contribution in [2.24, 2.45) is 0 Å². The van der Waals surface area contributed by atoms with Gasteiger partial charge in [0.05, 0.1) is 0 Å². The number of fused-ring (bicyclic) bond motifs is 3. The smallest absolute Gasteiger partial charge is 0.411 e. The van der Waals surface area contributed by atoms with Gasteiger partial charge in [0.2, 0.25) is 0 Å². The van der Waals surface area contributed by atoms with E-state index in [0.29, 0.717) is 0 Å². The van der Waals surface area contributed by atoms with Crippen molar-refractivity contribution >= 4 is 12.1 Å². The predicted octanol–water partition coefficient (Wildman–Crippen LogP) is 3.30. The van der Waals surface area contributed by atoms with E-state index in [9.17, 15) is 9.59 Å². The summed E-state index contributed by atoms with van der Waals surface area (Å²) in [6, 6.07) is 14.6. The topological polar surface area (TPSA) is 66.8 Å². The molecule has 0 unspecified atom stereocenters. The number of amides is 1. The Balaban J connectivity index is 1.92. The zero-order valence-electron chi connectivity index (χ0n) is 12.9. The number of hydrogen-bond donors (Lipinski definition) is 1. The lowest BCUT2D eigenvalue weighted by atomic mass is 10.1. The third-order valence-corrected chi connectivity index (χ3v) is 4.22. The molecule has 1 aliphatic carbocycles. The minimum absolute atomic E-state index is 0.515. The first-order valence-electron chi connectivity index (χ1n) is 7.35. The largest absolute Gasteiger partial charge is 0.480 e. The average molecular weight is 311 g/mol. The van der Waals surface area contributed by atoms with E-state index in [1.54, 1.807) is 0 Å². The molecule has 0 heterocycles. The Kier molecular flexibility index (Phi) is 3.78. The molecule has 118 valence electrons. The molecule has 1 aliphatic rings. The van der Waals surface area contributed by atoms with Crippen LogP contribution < -0.4 is 0 Å². The van der Waals surface area contributed by atoms with Crippen molar-refractivity contribution in [1.29, 1.82) is 0 Å². The monoisotopic (exact) mass is 311 g/mol. The Hall–Kier alpha value is -2.82. The lowest BCUT2D eigenvalue weighted by molar-refractivity contribution is -0.141. The second-order valence-corrected chi connectivity index (χ2v) is 5.56. The minimum Gasteiger partial charge on any atom is -0.480 e. The normalized spacial score (nSPS) is 13.8. The summed E-state index contributed by atoms with van der Waals surface area (Å²) in [5, 5.41) is 9.03. The van der Waals surface area contributed by atoms with Gasteiger partial charge < -0.3 is 9.84 Å². The zero-order chi connectivity index (χ0) is 16.6. The average Bonchev–Trinajstić information content (AvgIpc) is 2.88. The first-order valence-corrected chi connectivity index (χ1v) is 7.35. The first-order chi connectivity index (χ1) is 11.0. The van der Waals surface area contributed by atoms with Gasteiger partial charge in [-0.05, 0) is 18.1 Å². The molecule has 0 radical (unpaired) electrons. The quantitative estimate of drug-likeness (QED) is 0.944. The predicted molar refractivity (Wildman–Crippen MR) is 85.1 cm³/mol. The number of likely N-dealkylation sites (N-methyl/N-ethyl adjacent to an activating group) is 1. The molecule has 5 heteroatoms. The summed E-state index contributed by atoms with van der Waals surface area (Å²) in [4.78, 5) is 24.4. The number of carbonyl (C=O) groups excluding carboxylic acids is 1. The van der Waals surface area contributed by atoms with E-state index in [4.69, 9.17) is 9.84 Å². The Morgan fingerprint density at radius 2 is 1.52 bits per heavy atom. The third-order valence-electron chi connectivity index (χ3n) is 4.22. The van der Waals surface area contributed by atoms with Gasteiger partial charge in [-0.1, -0.05) is 48.5 Å². The fourth-order valence-corrected chi connectivity index (χ4v) is 2.74. The second-order valence-electron chi connectivity index (χ2n) is 5.56. The van der Waals surface area contributed by atoms with Gasteiger partial charge >= 0.3 is 12.1 Å². The van der Waals surface area contributed by atoms with Crippen LogP contribution in [0.1, 0.15) is 24.2 Å². The molecule has 0 fully saturated rings. The van der Waals surface area contributed by atoms with Crippen LogP contribution in [0.5, 0.6) is 0 Å². The summed E-state index contributed by atoms with van der Waals surface area (Å²) in [6.45, 7) is 1.44. The van der Waals surface area contributed by atoms with Gasteiger partial charge in [-0.25, -0.2) is 9.59 Å². The van der Waals surface area contributed by atoms with Crippen LogP contribution in [-0.2, 0) is 9.53 Å². The number of carbonyl (C=O) groups is 2. The van der Waals surface area contributed by atoms with Crippen LogP contribution in [0.4, 0.5) is 4.79 Å². The molecule has 1 atom stereocenters. The van der Waals surface area contributed by atoms with Crippen LogP contribution in [0.25, 0.3) is 11.1 Å². The molecular formula is C18H17NO4. The highest BCUT2D eigenvalue weighted by atomic mass is 16.6. The van der Waals surface area contributed by atoms with Crippen LogP contribution in [-0.4, -0.2) is 35.2 Å². The highest BCUT2D eigenvalue weighted by molar-refractivity contribution is 5.82. The van der Waals surface area contributed by atoms with E-state index >= 15 is 0 Å². The van der Waals surface area contributed by atoms with Crippen LogP contribution in [0.15, 0.2) is 48.5 Å². The Labute approximate surface area is 134 Å². The molecule has 1 N–H and O–H groups in total. The number of nitrogens with zero attached hydrogens (tertiary/aromatic N) is 1. The van der Waals surface area contributed by atoms with Crippen LogP contribution in [0.2, 0.25) is 0 Å². The highest BCUT2D eigenvalue weighted by Gasteiger charge is 2.33. The zero-order valence-corrected chi connectivity index (χ0v) is 12.9. The number of carboxylic acids is 1. The SMILES string of the molecule is C[C@H](C(=O)O)N(C)C(=O)OC1c2ccccc2-c2ccccc21. The fourth-order valence-electron chi connectivity index (χ4n) is 2.74. The summed E-state index contributed by atoms with van der Waals surface area (Å²) in [5.74, 6) is -1.07. The maximum Gasteiger partial charge on any atom is 0.411 e. The van der Waals surface area contributed by atoms with E-state index in [-0.39, 0.29) is 0 Å². The summed E-state index contributed by atoms with van der Waals surface area (Å²) >= 11 is 0. The molecule has 3 rings (SSSR count). The first kappa shape index (κ1) is 15.1. The summed E-state index contributed by atoms with van der Waals surface area (Å²) in [7, 11) is 1.42. The molecule has 0 bridgehead atoms. The van der Waals surface area contributed by atoms with Crippen LogP contribution in [0, 0.1) is 0 Å². The lowest BCUT2D eigenvalue weighted by Gasteiger charge is -2.24. The maximum atomic E-state index is 12.3. The van der Waals surface area contributed by atoms with Gasteiger partial charge in [0.1, 0.15) is 6.04 Å². The molecule has 0 saturated heterocycles. The molecule has 1 amide bonds. The molecule has 23 heavy (non-hydrogen) atoms. The Morgan fingerprint density at radius 3 is 2.00 bits per heavy atom. The van der Waals surface area contributed by atoms with Crippen molar-refractivity contribution in [3.8, 4) is 11.1 Å². The number of ether oxygens (including phenoxy) is 1. The van der Waals surface area contributed by atoms with E-state index in [2.05, 4.69) is 0 Å². The minimum atomic E-state index is -1.07. The van der Waals surface area contributed by atoms with E-state index in [1.807, 2.05) is 48.5 Å². The molecule has 0 aliphatic heterocycles. The van der Waals surface area contributed by atoms with Crippen molar-refractivity contribution in [1.82, 2.24) is 4.90 Å². The maximum absolute atomic E-state index is 12.3. The second kappa shape index (κ2) is 5.76. The number of benzene rings is 2. The number of carboxylic acid groups (broad SMARTS) is 1. The van der Waals surface area contributed by atoms with E-state index in [1.165, 1.54) is 14.0 Å². The van der Waals surface area contributed by atoms with E-state index < -0.39 is 24.2 Å². The fraction of sp³-hybridized carbons (Fsp3) is 0.222. The molecular weight excluding hydrogens is 294 g/mol. The lowest BCUT2D eigenvalue weighted by Crippen LogP contribution is -2.40. The highest BCUT2D eigenvalue weighted by Crippen LogP contribution is 2.45. The Morgan fingerprint density at radius 1 is 1.04 bits per heavy atom. The molecule has 5 nitrogen and oxygen atoms in total. The van der Waals surface area contributed by atoms with Crippen molar-refractivity contribution in [3.63, 3.8) is 0 Å². The molecule has 2 aromatic rings. The number of aliphatic carboxylic acids is 1. The van der Waals surface area contributed by atoms with Gasteiger partial charge in [-0.2, -0.15) is 0 Å². The molecule has 0 saturated carbocycles. The van der Waals surface area contributed by atoms with Crippen LogP contribution in [0.3, 0.4) is 0 Å². The van der Waals surface area contributed by atoms with Gasteiger partial charge in [-0.3, -0.25) is 4.90 Å². The van der Waals surface area contributed by atoms with Gasteiger partial charge in [0.25, 0.3) is 0 Å². The van der Waals surface area contributed by atoms with Crippen LogP contribution >= 0.6 is 0 Å². The van der Waals surface area contributed by atoms with Gasteiger partial charge in [0, 0.05) is 18.2 Å². The number of hydrogen-bond acceptors (Lipinski definition) is 3. The standard InChI is InChI=1S/C18H17NO4/c1-11(17(20)21)19(2)18(22)23-16-14-9-5-3-7-12(14)13-8-4-6-10-15(13)16/h3-11,16H,1-2H3,(H,20,21)/t11-/m1/s1. The van der Waals surface area contributed by atoms with Crippen molar-refractivity contribution < 1.29 is 19.4 Å². The summed E-state index contributed by atoms with van der Waals surface area (Å²) in [6.07, 6.45) is -1.17. The number of rotatable bonds is 3. The molecule has 2 aromatic carbocycles. The molecule has 0 aromatic heterocycles. The Bertz CT molecular complexity index is 726. The summed E-state index contributed by atoms with van der Waals surface area (Å²) in [5.41, 5.74) is 3.90. The summed E-state index contributed by atoms with van der Waals surface area (Å²) < 4.78 is 5.62. The third kappa shape index (κ3) is 2.54. The van der Waals surface area contributed by atoms with Crippen molar-refractivity contribution in [3.05, 3.63) is 59.7 Å².